The summed E-state index contributed by atoms with van der Waals surface area (Å²) in [4.78, 5) is 0. The molecule has 1 rings (SSSR count). The van der Waals surface area contributed by atoms with Crippen LogP contribution in [0.2, 0.25) is 0 Å². The minimum absolute atomic E-state index is 0.168. The Morgan fingerprint density at radius 2 is 1.85 bits per heavy atom. The van der Waals surface area contributed by atoms with Crippen molar-refractivity contribution in [2.45, 2.75) is 40.2 Å². The maximum absolute atomic E-state index is 5.81. The van der Waals surface area contributed by atoms with E-state index in [0.717, 1.165) is 5.76 Å². The fraction of sp³-hybridized carbons (Fsp3) is 0.500. The molecule has 0 unspecified atom stereocenters. The van der Waals surface area contributed by atoms with E-state index in [-0.39, 0.29) is 5.60 Å². The van der Waals surface area contributed by atoms with Gasteiger partial charge in [0.25, 0.3) is 0 Å². The van der Waals surface area contributed by atoms with Gasteiger partial charge in [-0.2, -0.15) is 0 Å². The quantitative estimate of drug-likeness (QED) is 0.550. The molecule has 1 heteroatoms. The van der Waals surface area contributed by atoms with Gasteiger partial charge >= 0.3 is 0 Å². The predicted octanol–water partition coefficient (Wildman–Crippen LogP) is 3.59. The summed E-state index contributed by atoms with van der Waals surface area (Å²) in [5.74, 6) is 0.993. The summed E-state index contributed by atoms with van der Waals surface area (Å²) in [5, 5.41) is 0. The van der Waals surface area contributed by atoms with E-state index >= 15 is 0 Å². The van der Waals surface area contributed by atoms with Gasteiger partial charge in [0.2, 0.25) is 0 Å². The molecule has 0 amide bonds. The summed E-state index contributed by atoms with van der Waals surface area (Å²) in [6.45, 7) is 10.3. The molecular weight excluding hydrogens is 160 g/mol. The average Bonchev–Trinajstić information content (AvgIpc) is 2.01. The molecule has 0 aromatic carbocycles. The molecule has 0 saturated heterocycles. The highest BCUT2D eigenvalue weighted by Gasteiger charge is 2.25. The van der Waals surface area contributed by atoms with Gasteiger partial charge in [0.05, 0.1) is 0 Å². The van der Waals surface area contributed by atoms with Gasteiger partial charge in [0.15, 0.2) is 0 Å². The Morgan fingerprint density at radius 3 is 2.31 bits per heavy atom. The Bertz CT molecular complexity index is 290. The molecule has 1 heterocycles. The third-order valence-electron chi connectivity index (χ3n) is 2.18. The fourth-order valence-corrected chi connectivity index (χ4v) is 1.75. The Kier molecular flexibility index (Phi) is 2.65. The second-order valence-electron chi connectivity index (χ2n) is 3.89. The van der Waals surface area contributed by atoms with Gasteiger partial charge in [0, 0.05) is 5.57 Å². The van der Waals surface area contributed by atoms with E-state index in [0.29, 0.717) is 0 Å². The number of hydrogen-bond donors (Lipinski definition) is 0. The van der Waals surface area contributed by atoms with Crippen LogP contribution in [-0.2, 0) is 4.74 Å². The Balaban J connectivity index is 3.16. The molecule has 0 atom stereocenters. The van der Waals surface area contributed by atoms with Crippen LogP contribution in [0.1, 0.15) is 34.6 Å². The van der Waals surface area contributed by atoms with Crippen LogP contribution in [0.4, 0.5) is 0 Å². The van der Waals surface area contributed by atoms with Gasteiger partial charge in [-0.3, -0.25) is 0 Å². The number of hydrogen-bond acceptors (Lipinski definition) is 1. The molecule has 0 bridgehead atoms. The van der Waals surface area contributed by atoms with Gasteiger partial charge in [-0.05, 0) is 52.3 Å². The van der Waals surface area contributed by atoms with E-state index in [9.17, 15) is 0 Å². The van der Waals surface area contributed by atoms with Crippen LogP contribution in [-0.4, -0.2) is 5.60 Å². The minimum atomic E-state index is -0.168. The van der Waals surface area contributed by atoms with Crippen LogP contribution in [0.3, 0.4) is 0 Å². The summed E-state index contributed by atoms with van der Waals surface area (Å²) in [6.07, 6.45) is 6.28. The van der Waals surface area contributed by atoms with Crippen molar-refractivity contribution in [3.63, 3.8) is 0 Å². The monoisotopic (exact) mass is 178 g/mol. The molecule has 0 radical (unpaired) electrons. The Labute approximate surface area is 80.8 Å². The second-order valence-corrected chi connectivity index (χ2v) is 3.89. The molecule has 0 fully saturated rings. The maximum Gasteiger partial charge on any atom is 0.123 e. The van der Waals surface area contributed by atoms with Gasteiger partial charge < -0.3 is 4.74 Å². The summed E-state index contributed by atoms with van der Waals surface area (Å²) in [5.41, 5.74) is 2.34. The Morgan fingerprint density at radius 1 is 1.23 bits per heavy atom. The fourth-order valence-electron chi connectivity index (χ4n) is 1.75. The van der Waals surface area contributed by atoms with Crippen LogP contribution in [0.5, 0.6) is 0 Å². The second kappa shape index (κ2) is 3.41. The van der Waals surface area contributed by atoms with E-state index in [1.54, 1.807) is 0 Å². The van der Waals surface area contributed by atoms with E-state index in [4.69, 9.17) is 4.74 Å². The first-order valence-corrected chi connectivity index (χ1v) is 4.72. The van der Waals surface area contributed by atoms with Crippen molar-refractivity contribution in [3.05, 3.63) is 35.1 Å². The van der Waals surface area contributed by atoms with Crippen LogP contribution in [0.15, 0.2) is 35.1 Å². The molecule has 0 spiro atoms. The van der Waals surface area contributed by atoms with Crippen molar-refractivity contribution in [1.82, 2.24) is 0 Å². The maximum atomic E-state index is 5.81. The number of ether oxygens (including phenoxy) is 1. The molecule has 1 nitrogen and oxygen atoms in total. The third kappa shape index (κ3) is 2.03. The smallest absolute Gasteiger partial charge is 0.123 e. The molecule has 13 heavy (non-hydrogen) atoms. The molecule has 0 N–H and O–H groups in total. The molecule has 72 valence electrons. The van der Waals surface area contributed by atoms with E-state index in [1.807, 2.05) is 19.9 Å². The highest BCUT2D eigenvalue weighted by Crippen LogP contribution is 2.32. The standard InChI is InChI=1S/C12H18O/c1-6-10-9(3)8-12(4,5)13-11(10)7-2/h6-8H,1-5H3/b10-6-,11-7+. The average molecular weight is 178 g/mol. The first-order chi connectivity index (χ1) is 6.00. The van der Waals surface area contributed by atoms with Crippen molar-refractivity contribution in [1.29, 1.82) is 0 Å². The van der Waals surface area contributed by atoms with Crippen LogP contribution < -0.4 is 0 Å². The lowest BCUT2D eigenvalue weighted by Gasteiger charge is -2.32. The summed E-state index contributed by atoms with van der Waals surface area (Å²) in [7, 11) is 0. The molecule has 0 aromatic heterocycles. The molecule has 0 aliphatic carbocycles. The van der Waals surface area contributed by atoms with Gasteiger partial charge in [-0.25, -0.2) is 0 Å². The van der Waals surface area contributed by atoms with E-state index < -0.39 is 0 Å². The first kappa shape index (κ1) is 10.1. The normalized spacial score (nSPS) is 27.3. The summed E-state index contributed by atoms with van der Waals surface area (Å²) < 4.78 is 5.81. The number of allylic oxidation sites excluding steroid dienone is 3. The Hall–Kier alpha value is -0.980. The zero-order chi connectivity index (χ0) is 10.1. The molecule has 0 saturated carbocycles. The lowest BCUT2D eigenvalue weighted by Crippen LogP contribution is -2.26. The largest absolute Gasteiger partial charge is 0.483 e. The van der Waals surface area contributed by atoms with Gasteiger partial charge in [-0.15, -0.1) is 0 Å². The zero-order valence-corrected chi connectivity index (χ0v) is 9.14. The summed E-state index contributed by atoms with van der Waals surface area (Å²) in [6, 6.07) is 0. The van der Waals surface area contributed by atoms with Crippen LogP contribution in [0.25, 0.3) is 0 Å². The summed E-state index contributed by atoms with van der Waals surface area (Å²) >= 11 is 0. The van der Waals surface area contributed by atoms with Crippen LogP contribution in [0, 0.1) is 0 Å². The molecular formula is C12H18O. The van der Waals surface area contributed by atoms with E-state index in [2.05, 4.69) is 32.9 Å². The highest BCUT2D eigenvalue weighted by molar-refractivity contribution is 5.46. The molecule has 1 aliphatic heterocycles. The van der Waals surface area contributed by atoms with Crippen molar-refractivity contribution in [2.24, 2.45) is 0 Å². The van der Waals surface area contributed by atoms with Crippen molar-refractivity contribution in [3.8, 4) is 0 Å². The third-order valence-corrected chi connectivity index (χ3v) is 2.18. The predicted molar refractivity (Wildman–Crippen MR) is 56.4 cm³/mol. The minimum Gasteiger partial charge on any atom is -0.483 e. The zero-order valence-electron chi connectivity index (χ0n) is 9.14. The van der Waals surface area contributed by atoms with Crippen molar-refractivity contribution < 1.29 is 4.74 Å². The van der Waals surface area contributed by atoms with Crippen molar-refractivity contribution in [2.75, 3.05) is 0 Å². The van der Waals surface area contributed by atoms with E-state index in [1.165, 1.54) is 11.1 Å². The highest BCUT2D eigenvalue weighted by atomic mass is 16.5. The number of rotatable bonds is 0. The lowest BCUT2D eigenvalue weighted by molar-refractivity contribution is 0.0774. The van der Waals surface area contributed by atoms with Crippen molar-refractivity contribution >= 4 is 0 Å². The molecule has 0 aromatic rings. The SMILES string of the molecule is C/C=C1/C(C)=CC(C)(C)O/C1=C/C. The van der Waals surface area contributed by atoms with Gasteiger partial charge in [-0.1, -0.05) is 6.08 Å². The molecule has 1 aliphatic rings. The van der Waals surface area contributed by atoms with Crippen LogP contribution >= 0.6 is 0 Å². The first-order valence-electron chi connectivity index (χ1n) is 4.72. The lowest BCUT2D eigenvalue weighted by atomic mass is 9.95. The topological polar surface area (TPSA) is 9.23 Å². The van der Waals surface area contributed by atoms with Gasteiger partial charge in [0.1, 0.15) is 11.4 Å².